The van der Waals surface area contributed by atoms with Crippen molar-refractivity contribution in [3.63, 3.8) is 0 Å². The Bertz CT molecular complexity index is 1360. The number of fused-ring (bicyclic) bond motifs is 1. The number of rotatable bonds is 5. The van der Waals surface area contributed by atoms with E-state index in [9.17, 15) is 9.18 Å². The number of hydrogen-bond donors (Lipinski definition) is 0. The molecule has 2 aromatic carbocycles. The summed E-state index contributed by atoms with van der Waals surface area (Å²) in [5, 5.41) is 9.12. The Kier molecular flexibility index (Phi) is 5.53. The first-order chi connectivity index (χ1) is 16.4. The Hall–Kier alpha value is -4.14. The van der Waals surface area contributed by atoms with E-state index in [0.29, 0.717) is 41.3 Å². The van der Waals surface area contributed by atoms with Gasteiger partial charge in [0.15, 0.2) is 11.9 Å². The number of aromatic nitrogens is 4. The lowest BCUT2D eigenvalue weighted by Gasteiger charge is -2.20. The number of nitrogens with zero attached hydrogens (tertiary/aromatic N) is 6. The van der Waals surface area contributed by atoms with Crippen LogP contribution in [-0.2, 0) is 4.79 Å². The molecular formula is C25H23FN6O2. The van der Waals surface area contributed by atoms with Gasteiger partial charge in [-0.1, -0.05) is 12.1 Å². The second-order valence-electron chi connectivity index (χ2n) is 8.32. The molecule has 1 amide bonds. The summed E-state index contributed by atoms with van der Waals surface area (Å²) in [6, 6.07) is 13.7. The summed E-state index contributed by atoms with van der Waals surface area (Å²) in [7, 11) is 3.61. The average Bonchev–Trinajstić information content (AvgIpc) is 3.16. The van der Waals surface area contributed by atoms with Gasteiger partial charge in [-0.3, -0.25) is 4.79 Å². The van der Waals surface area contributed by atoms with Crippen molar-refractivity contribution in [2.75, 3.05) is 25.5 Å². The van der Waals surface area contributed by atoms with E-state index in [4.69, 9.17) is 4.74 Å². The lowest BCUT2D eigenvalue weighted by atomic mass is 10.0. The Morgan fingerprint density at radius 2 is 1.85 bits per heavy atom. The van der Waals surface area contributed by atoms with E-state index in [1.165, 1.54) is 18.5 Å². The fourth-order valence-corrected chi connectivity index (χ4v) is 4.02. The normalized spacial score (nSPS) is 15.7. The zero-order chi connectivity index (χ0) is 23.8. The van der Waals surface area contributed by atoms with Crippen molar-refractivity contribution in [2.45, 2.75) is 19.4 Å². The Balaban J connectivity index is 1.66. The van der Waals surface area contributed by atoms with Gasteiger partial charge in [-0.2, -0.15) is 5.10 Å². The molecule has 1 aliphatic rings. The van der Waals surface area contributed by atoms with Crippen LogP contribution in [0.5, 0.6) is 5.75 Å². The van der Waals surface area contributed by atoms with Crippen molar-refractivity contribution in [1.29, 1.82) is 0 Å². The van der Waals surface area contributed by atoms with Gasteiger partial charge in [0.05, 0.1) is 5.69 Å². The van der Waals surface area contributed by atoms with Crippen molar-refractivity contribution >= 4 is 28.4 Å². The van der Waals surface area contributed by atoms with E-state index in [1.807, 2.05) is 43.1 Å². The van der Waals surface area contributed by atoms with Gasteiger partial charge < -0.3 is 14.5 Å². The van der Waals surface area contributed by atoms with Crippen LogP contribution in [0.2, 0.25) is 0 Å². The third-order valence-electron chi connectivity index (χ3n) is 5.95. The predicted molar refractivity (Wildman–Crippen MR) is 126 cm³/mol. The van der Waals surface area contributed by atoms with Gasteiger partial charge in [0.1, 0.15) is 29.2 Å². The van der Waals surface area contributed by atoms with Crippen LogP contribution < -0.4 is 9.64 Å². The largest absolute Gasteiger partial charge is 0.478 e. The van der Waals surface area contributed by atoms with Gasteiger partial charge in [-0.25, -0.2) is 14.4 Å². The van der Waals surface area contributed by atoms with Gasteiger partial charge >= 0.3 is 0 Å². The number of hydrogen-bond acceptors (Lipinski definition) is 7. The molecule has 5 rings (SSSR count). The van der Waals surface area contributed by atoms with Crippen LogP contribution in [0, 0.1) is 12.7 Å². The molecule has 1 atom stereocenters. The minimum atomic E-state index is -0.587. The Labute approximate surface area is 196 Å². The first-order valence-electron chi connectivity index (χ1n) is 10.9. The fraction of sp³-hybridized carbons (Fsp3) is 0.240. The summed E-state index contributed by atoms with van der Waals surface area (Å²) < 4.78 is 19.8. The van der Waals surface area contributed by atoms with Gasteiger partial charge in [-0.05, 0) is 54.4 Å². The van der Waals surface area contributed by atoms with Gasteiger partial charge in [0.2, 0.25) is 0 Å². The highest BCUT2D eigenvalue weighted by Crippen LogP contribution is 2.37. The van der Waals surface area contributed by atoms with Crippen LogP contribution in [0.15, 0.2) is 54.9 Å². The molecule has 0 N–H and O–H groups in total. The number of carbonyl (C=O) groups is 1. The van der Waals surface area contributed by atoms with Gasteiger partial charge in [0.25, 0.3) is 5.91 Å². The number of halogens is 1. The van der Waals surface area contributed by atoms with E-state index in [-0.39, 0.29) is 11.7 Å². The highest BCUT2D eigenvalue weighted by Gasteiger charge is 2.31. The summed E-state index contributed by atoms with van der Waals surface area (Å²) in [5.74, 6) is 1.31. The number of likely N-dealkylation sites (tertiary alicyclic amines) is 1. The maximum absolute atomic E-state index is 13.6. The number of likely N-dealkylation sites (N-methyl/N-ethyl adjacent to an activating group) is 1. The smallest absolute Gasteiger partial charge is 0.263 e. The zero-order valence-corrected chi connectivity index (χ0v) is 19.1. The minimum absolute atomic E-state index is 0.0679. The SMILES string of the molecule is Cc1ccc(N(C)c2ncnc3c(OC4CCN(C)C4=O)cc(-c4ccc(F)cc4)cc23)nn1. The van der Waals surface area contributed by atoms with E-state index in [2.05, 4.69) is 20.2 Å². The molecule has 1 unspecified atom stereocenters. The summed E-state index contributed by atoms with van der Waals surface area (Å²) in [5.41, 5.74) is 2.98. The van der Waals surface area contributed by atoms with Crippen LogP contribution in [0.25, 0.3) is 22.0 Å². The predicted octanol–water partition coefficient (Wildman–Crippen LogP) is 3.91. The molecule has 1 aliphatic heterocycles. The molecule has 9 heteroatoms. The van der Waals surface area contributed by atoms with E-state index in [0.717, 1.165) is 16.8 Å². The maximum Gasteiger partial charge on any atom is 0.263 e. The quantitative estimate of drug-likeness (QED) is 0.448. The zero-order valence-electron chi connectivity index (χ0n) is 19.1. The number of amides is 1. The standard InChI is InChI=1S/C25H23FN6O2/c1-15-4-9-22(30-29-15)32(3)24-19-12-17(16-5-7-18(26)8-6-16)13-21(23(19)27-14-28-24)34-20-10-11-31(2)25(20)33/h4-9,12-14,20H,10-11H2,1-3H3. The third-order valence-corrected chi connectivity index (χ3v) is 5.95. The lowest BCUT2D eigenvalue weighted by Crippen LogP contribution is -2.29. The van der Waals surface area contributed by atoms with Crippen LogP contribution >= 0.6 is 0 Å². The Morgan fingerprint density at radius 1 is 1.06 bits per heavy atom. The van der Waals surface area contributed by atoms with Crippen molar-refractivity contribution in [3.8, 4) is 16.9 Å². The molecular weight excluding hydrogens is 435 g/mol. The molecule has 4 aromatic rings. The number of aryl methyl sites for hydroxylation is 1. The van der Waals surface area contributed by atoms with Crippen LogP contribution in [0.4, 0.5) is 16.0 Å². The van der Waals surface area contributed by atoms with Gasteiger partial charge in [0, 0.05) is 32.4 Å². The Morgan fingerprint density at radius 3 is 2.53 bits per heavy atom. The number of anilines is 2. The first-order valence-corrected chi connectivity index (χ1v) is 10.9. The molecule has 0 aliphatic carbocycles. The monoisotopic (exact) mass is 458 g/mol. The van der Waals surface area contributed by atoms with Crippen molar-refractivity contribution < 1.29 is 13.9 Å². The van der Waals surface area contributed by atoms with Crippen LogP contribution in [-0.4, -0.2) is 57.7 Å². The van der Waals surface area contributed by atoms with E-state index >= 15 is 0 Å². The molecule has 3 heterocycles. The van der Waals surface area contributed by atoms with Crippen LogP contribution in [0.3, 0.4) is 0 Å². The van der Waals surface area contributed by atoms with E-state index < -0.39 is 6.10 Å². The number of carbonyl (C=O) groups excluding carboxylic acids is 1. The van der Waals surface area contributed by atoms with Crippen molar-refractivity contribution in [3.05, 3.63) is 66.4 Å². The van der Waals surface area contributed by atoms with Crippen molar-refractivity contribution in [1.82, 2.24) is 25.1 Å². The summed E-state index contributed by atoms with van der Waals surface area (Å²) >= 11 is 0. The number of benzene rings is 2. The molecule has 1 fully saturated rings. The molecule has 0 bridgehead atoms. The maximum atomic E-state index is 13.6. The molecule has 0 radical (unpaired) electrons. The lowest BCUT2D eigenvalue weighted by molar-refractivity contribution is -0.132. The number of ether oxygens (including phenoxy) is 1. The molecule has 1 saturated heterocycles. The minimum Gasteiger partial charge on any atom is -0.478 e. The molecule has 172 valence electrons. The van der Waals surface area contributed by atoms with E-state index in [1.54, 1.807) is 24.1 Å². The molecule has 2 aromatic heterocycles. The first kappa shape index (κ1) is 21.7. The average molecular weight is 458 g/mol. The second-order valence-corrected chi connectivity index (χ2v) is 8.32. The summed E-state index contributed by atoms with van der Waals surface area (Å²) in [6.07, 6.45) is 1.47. The highest BCUT2D eigenvalue weighted by molar-refractivity contribution is 5.98. The highest BCUT2D eigenvalue weighted by atomic mass is 19.1. The third kappa shape index (κ3) is 4.00. The second kappa shape index (κ2) is 8.66. The summed E-state index contributed by atoms with van der Waals surface area (Å²) in [4.78, 5) is 25.0. The molecule has 0 spiro atoms. The topological polar surface area (TPSA) is 84.3 Å². The molecule has 34 heavy (non-hydrogen) atoms. The van der Waals surface area contributed by atoms with Crippen LogP contribution in [0.1, 0.15) is 12.1 Å². The fourth-order valence-electron chi connectivity index (χ4n) is 4.02. The summed E-state index contributed by atoms with van der Waals surface area (Å²) in [6.45, 7) is 2.51. The molecule has 8 nitrogen and oxygen atoms in total. The molecule has 0 saturated carbocycles. The van der Waals surface area contributed by atoms with Gasteiger partial charge in [-0.15, -0.1) is 5.10 Å². The van der Waals surface area contributed by atoms with Crippen molar-refractivity contribution in [2.24, 2.45) is 0 Å².